The quantitative estimate of drug-likeness (QED) is 0.689. The van der Waals surface area contributed by atoms with E-state index in [1.807, 2.05) is 30.3 Å². The predicted molar refractivity (Wildman–Crippen MR) is 90.2 cm³/mol. The van der Waals surface area contributed by atoms with Crippen molar-refractivity contribution in [3.8, 4) is 0 Å². The van der Waals surface area contributed by atoms with Gasteiger partial charge in [0.05, 0.1) is 6.54 Å². The van der Waals surface area contributed by atoms with Crippen molar-refractivity contribution in [3.05, 3.63) is 35.9 Å². The van der Waals surface area contributed by atoms with Crippen LogP contribution < -0.4 is 10.6 Å². The van der Waals surface area contributed by atoms with Gasteiger partial charge in [-0.1, -0.05) is 36.8 Å². The van der Waals surface area contributed by atoms with Gasteiger partial charge in [-0.2, -0.15) is 0 Å². The Kier molecular flexibility index (Phi) is 6.02. The fourth-order valence-electron chi connectivity index (χ4n) is 2.99. The maximum Gasteiger partial charge on any atom is 0.314 e. The molecule has 3 N–H and O–H groups in total. The Bertz CT molecular complexity index is 498. The van der Waals surface area contributed by atoms with Gasteiger partial charge in [0.1, 0.15) is 5.60 Å². The molecule has 1 aromatic rings. The summed E-state index contributed by atoms with van der Waals surface area (Å²) < 4.78 is 5.16. The number of benzene rings is 1. The number of carbonyl (C=O) groups excluding carboxylic acids is 1. The second-order valence-electron chi connectivity index (χ2n) is 6.77. The van der Waals surface area contributed by atoms with Crippen molar-refractivity contribution in [2.45, 2.75) is 38.2 Å². The Morgan fingerprint density at radius 3 is 2.57 bits per heavy atom. The van der Waals surface area contributed by atoms with Gasteiger partial charge >= 0.3 is 6.03 Å². The van der Waals surface area contributed by atoms with Crippen LogP contribution in [-0.2, 0) is 10.3 Å². The molecule has 2 amide bonds. The minimum Gasteiger partial charge on any atom is -0.385 e. The van der Waals surface area contributed by atoms with Gasteiger partial charge < -0.3 is 20.5 Å². The number of methoxy groups -OCH3 is 1. The smallest absolute Gasteiger partial charge is 0.314 e. The van der Waals surface area contributed by atoms with Crippen LogP contribution >= 0.6 is 0 Å². The highest BCUT2D eigenvalue weighted by Gasteiger charge is 2.36. The molecule has 1 fully saturated rings. The minimum atomic E-state index is -1.08. The maximum atomic E-state index is 12.0. The first-order valence-electron chi connectivity index (χ1n) is 8.26. The number of carbonyl (C=O) groups is 1. The number of hydrogen-bond acceptors (Lipinski definition) is 3. The zero-order valence-corrected chi connectivity index (χ0v) is 14.1. The van der Waals surface area contributed by atoms with E-state index in [-0.39, 0.29) is 18.0 Å². The summed E-state index contributed by atoms with van der Waals surface area (Å²) in [6.07, 6.45) is 4.47. The van der Waals surface area contributed by atoms with Crippen LogP contribution in [0.25, 0.3) is 0 Å². The van der Waals surface area contributed by atoms with Gasteiger partial charge in [0.2, 0.25) is 0 Å². The Labute approximate surface area is 138 Å². The predicted octanol–water partition coefficient (Wildman–Crippen LogP) is 2.40. The van der Waals surface area contributed by atoms with Crippen LogP contribution in [0, 0.1) is 5.41 Å². The fraction of sp³-hybridized carbons (Fsp3) is 0.611. The van der Waals surface area contributed by atoms with E-state index < -0.39 is 5.60 Å². The summed E-state index contributed by atoms with van der Waals surface area (Å²) in [5.41, 5.74) is -0.103. The van der Waals surface area contributed by atoms with E-state index in [9.17, 15) is 9.90 Å². The van der Waals surface area contributed by atoms with Gasteiger partial charge in [0.15, 0.2) is 0 Å². The van der Waals surface area contributed by atoms with Crippen molar-refractivity contribution in [3.63, 3.8) is 0 Å². The molecule has 0 radical (unpaired) electrons. The largest absolute Gasteiger partial charge is 0.385 e. The number of rotatable bonds is 8. The first-order chi connectivity index (χ1) is 11.0. The lowest BCUT2D eigenvalue weighted by atomic mass is 9.67. The molecule has 1 aliphatic rings. The van der Waals surface area contributed by atoms with Crippen LogP contribution in [0.4, 0.5) is 4.79 Å². The summed E-state index contributed by atoms with van der Waals surface area (Å²) in [4.78, 5) is 12.0. The third-order valence-electron chi connectivity index (χ3n) is 4.86. The lowest BCUT2D eigenvalue weighted by molar-refractivity contribution is 0.0574. The Hall–Kier alpha value is -1.59. The fourth-order valence-corrected chi connectivity index (χ4v) is 2.99. The number of amides is 2. The molecule has 1 aliphatic carbocycles. The SMILES string of the molecule is COCCC1(CNC(=O)NCC(C)(O)c2ccccc2)CCC1. The lowest BCUT2D eigenvalue weighted by Crippen LogP contribution is -2.48. The Morgan fingerprint density at radius 1 is 1.30 bits per heavy atom. The van der Waals surface area contributed by atoms with Crippen molar-refractivity contribution < 1.29 is 14.6 Å². The van der Waals surface area contributed by atoms with E-state index in [1.54, 1.807) is 14.0 Å². The maximum absolute atomic E-state index is 12.0. The van der Waals surface area contributed by atoms with Crippen molar-refractivity contribution in [2.75, 3.05) is 26.8 Å². The summed E-state index contributed by atoms with van der Waals surface area (Å²) in [6.45, 7) is 3.27. The number of ether oxygens (including phenoxy) is 1. The van der Waals surface area contributed by atoms with Crippen molar-refractivity contribution >= 4 is 6.03 Å². The second-order valence-corrected chi connectivity index (χ2v) is 6.77. The highest BCUT2D eigenvalue weighted by Crippen LogP contribution is 2.43. The molecule has 0 aliphatic heterocycles. The molecule has 1 atom stereocenters. The molecular formula is C18H28N2O3. The van der Waals surface area contributed by atoms with E-state index in [4.69, 9.17) is 4.74 Å². The standard InChI is InChI=1S/C18H28N2O3/c1-17(22,15-7-4-3-5-8-15)13-19-16(21)20-14-18(9-6-10-18)11-12-23-2/h3-5,7-8,22H,6,9-14H2,1-2H3,(H2,19,20,21). The summed E-state index contributed by atoms with van der Waals surface area (Å²) in [5, 5.41) is 16.2. The van der Waals surface area contributed by atoms with E-state index in [1.165, 1.54) is 6.42 Å². The van der Waals surface area contributed by atoms with E-state index in [0.717, 1.165) is 31.4 Å². The van der Waals surface area contributed by atoms with Crippen LogP contribution in [0.15, 0.2) is 30.3 Å². The zero-order chi connectivity index (χ0) is 16.8. The molecule has 1 aromatic carbocycles. The van der Waals surface area contributed by atoms with E-state index >= 15 is 0 Å². The molecule has 1 saturated carbocycles. The van der Waals surface area contributed by atoms with E-state index in [0.29, 0.717) is 6.54 Å². The first kappa shape index (κ1) is 17.8. The van der Waals surface area contributed by atoms with Gasteiger partial charge in [-0.25, -0.2) is 4.79 Å². The average molecular weight is 320 g/mol. The molecule has 2 rings (SSSR count). The molecule has 0 bridgehead atoms. The third kappa shape index (κ3) is 4.94. The normalized spacial score (nSPS) is 18.6. The van der Waals surface area contributed by atoms with Crippen LogP contribution in [0.3, 0.4) is 0 Å². The van der Waals surface area contributed by atoms with Gasteiger partial charge in [-0.05, 0) is 37.2 Å². The van der Waals surface area contributed by atoms with Crippen molar-refractivity contribution in [1.29, 1.82) is 0 Å². The molecule has 1 unspecified atom stereocenters. The van der Waals surface area contributed by atoms with Crippen molar-refractivity contribution in [2.24, 2.45) is 5.41 Å². The molecule has 23 heavy (non-hydrogen) atoms. The Balaban J connectivity index is 1.76. The zero-order valence-electron chi connectivity index (χ0n) is 14.1. The number of hydrogen-bond donors (Lipinski definition) is 3. The van der Waals surface area contributed by atoms with Crippen LogP contribution in [0.1, 0.15) is 38.2 Å². The molecule has 0 spiro atoms. The molecule has 128 valence electrons. The molecule has 0 heterocycles. The van der Waals surface area contributed by atoms with Crippen molar-refractivity contribution in [1.82, 2.24) is 10.6 Å². The third-order valence-corrected chi connectivity index (χ3v) is 4.86. The van der Waals surface area contributed by atoms with Gasteiger partial charge in [0.25, 0.3) is 0 Å². The Morgan fingerprint density at radius 2 is 2.00 bits per heavy atom. The first-order valence-corrected chi connectivity index (χ1v) is 8.26. The average Bonchev–Trinajstić information content (AvgIpc) is 2.52. The molecule has 5 nitrogen and oxygen atoms in total. The second kappa shape index (κ2) is 7.79. The lowest BCUT2D eigenvalue weighted by Gasteiger charge is -2.42. The summed E-state index contributed by atoms with van der Waals surface area (Å²) in [7, 11) is 1.71. The van der Waals surface area contributed by atoms with Crippen LogP contribution in [0.2, 0.25) is 0 Å². The summed E-state index contributed by atoms with van der Waals surface area (Å²) >= 11 is 0. The number of urea groups is 1. The van der Waals surface area contributed by atoms with E-state index in [2.05, 4.69) is 10.6 Å². The summed E-state index contributed by atoms with van der Waals surface area (Å²) in [5.74, 6) is 0. The topological polar surface area (TPSA) is 70.6 Å². The van der Waals surface area contributed by atoms with Gasteiger partial charge in [0, 0.05) is 20.3 Å². The van der Waals surface area contributed by atoms with Crippen LogP contribution in [-0.4, -0.2) is 37.9 Å². The molecule has 0 aromatic heterocycles. The number of aliphatic hydroxyl groups is 1. The molecule has 0 saturated heterocycles. The number of nitrogens with one attached hydrogen (secondary N) is 2. The highest BCUT2D eigenvalue weighted by atomic mass is 16.5. The van der Waals surface area contributed by atoms with Gasteiger partial charge in [-0.15, -0.1) is 0 Å². The monoisotopic (exact) mass is 320 g/mol. The van der Waals surface area contributed by atoms with Crippen LogP contribution in [0.5, 0.6) is 0 Å². The highest BCUT2D eigenvalue weighted by molar-refractivity contribution is 5.74. The molecule has 5 heteroatoms. The van der Waals surface area contributed by atoms with Gasteiger partial charge in [-0.3, -0.25) is 0 Å². The molecular weight excluding hydrogens is 292 g/mol. The summed E-state index contributed by atoms with van der Waals surface area (Å²) in [6, 6.07) is 9.13. The minimum absolute atomic E-state index is 0.175.